The summed E-state index contributed by atoms with van der Waals surface area (Å²) < 4.78 is 4.75. The molecule has 6 heteroatoms. The lowest BCUT2D eigenvalue weighted by molar-refractivity contribution is -0.143. The first kappa shape index (κ1) is 16.3. The average molecular weight is 314 g/mol. The van der Waals surface area contributed by atoms with Crippen LogP contribution in [0.5, 0.6) is 0 Å². The van der Waals surface area contributed by atoms with E-state index in [9.17, 15) is 9.59 Å². The highest BCUT2D eigenvalue weighted by atomic mass is 35.5. The lowest BCUT2D eigenvalue weighted by atomic mass is 10.2. The SMILES string of the molecule is C=CCNC(=O)COC(=O)/C=C/c1ccc(Cl)c(Cl)c1. The van der Waals surface area contributed by atoms with Crippen molar-refractivity contribution in [1.82, 2.24) is 5.32 Å². The quantitative estimate of drug-likeness (QED) is 0.499. The van der Waals surface area contributed by atoms with Gasteiger partial charge >= 0.3 is 5.97 Å². The van der Waals surface area contributed by atoms with Crippen molar-refractivity contribution in [2.75, 3.05) is 13.2 Å². The van der Waals surface area contributed by atoms with E-state index in [-0.39, 0.29) is 12.5 Å². The molecule has 1 rings (SSSR count). The van der Waals surface area contributed by atoms with Gasteiger partial charge in [0.25, 0.3) is 5.91 Å². The molecule has 0 heterocycles. The van der Waals surface area contributed by atoms with Crippen molar-refractivity contribution in [2.45, 2.75) is 0 Å². The zero-order chi connectivity index (χ0) is 15.0. The molecule has 0 aliphatic carbocycles. The Kier molecular flexibility index (Phi) is 6.84. The summed E-state index contributed by atoms with van der Waals surface area (Å²) in [7, 11) is 0. The number of carbonyl (C=O) groups is 2. The minimum absolute atomic E-state index is 0.329. The van der Waals surface area contributed by atoms with Gasteiger partial charge in [0, 0.05) is 12.6 Å². The number of amides is 1. The largest absolute Gasteiger partial charge is 0.452 e. The van der Waals surface area contributed by atoms with Crippen LogP contribution < -0.4 is 5.32 Å². The Morgan fingerprint density at radius 1 is 1.30 bits per heavy atom. The third kappa shape index (κ3) is 5.91. The molecule has 0 unspecified atom stereocenters. The van der Waals surface area contributed by atoms with Gasteiger partial charge in [-0.2, -0.15) is 0 Å². The predicted octanol–water partition coefficient (Wildman–Crippen LogP) is 2.85. The van der Waals surface area contributed by atoms with Gasteiger partial charge in [-0.15, -0.1) is 6.58 Å². The van der Waals surface area contributed by atoms with Crippen LogP contribution in [0.3, 0.4) is 0 Å². The summed E-state index contributed by atoms with van der Waals surface area (Å²) in [4.78, 5) is 22.5. The molecule has 0 atom stereocenters. The molecule has 106 valence electrons. The van der Waals surface area contributed by atoms with Crippen LogP contribution in [0.4, 0.5) is 0 Å². The maximum atomic E-state index is 11.4. The van der Waals surface area contributed by atoms with E-state index < -0.39 is 5.97 Å². The molecule has 0 aliphatic rings. The van der Waals surface area contributed by atoms with Crippen molar-refractivity contribution in [1.29, 1.82) is 0 Å². The molecule has 0 aromatic heterocycles. The van der Waals surface area contributed by atoms with Crippen molar-refractivity contribution >= 4 is 41.2 Å². The zero-order valence-electron chi connectivity index (χ0n) is 10.6. The number of ether oxygens (including phenoxy) is 1. The molecule has 0 radical (unpaired) electrons. The van der Waals surface area contributed by atoms with Gasteiger partial charge in [0.1, 0.15) is 0 Å². The molecule has 1 aromatic rings. The van der Waals surface area contributed by atoms with Crippen LogP contribution >= 0.6 is 23.2 Å². The van der Waals surface area contributed by atoms with Crippen LogP contribution in [0.15, 0.2) is 36.9 Å². The van der Waals surface area contributed by atoms with E-state index in [1.165, 1.54) is 18.2 Å². The molecule has 1 N–H and O–H groups in total. The predicted molar refractivity (Wildman–Crippen MR) is 79.7 cm³/mol. The second kappa shape index (κ2) is 8.40. The van der Waals surface area contributed by atoms with Crippen molar-refractivity contribution < 1.29 is 14.3 Å². The molecular weight excluding hydrogens is 301 g/mol. The highest BCUT2D eigenvalue weighted by Crippen LogP contribution is 2.23. The number of esters is 1. The first-order chi connectivity index (χ1) is 9.52. The van der Waals surface area contributed by atoms with Crippen LogP contribution in [0.2, 0.25) is 10.0 Å². The van der Waals surface area contributed by atoms with Gasteiger partial charge in [0.05, 0.1) is 10.0 Å². The Bertz CT molecular complexity index is 541. The van der Waals surface area contributed by atoms with Crippen LogP contribution in [0.25, 0.3) is 6.08 Å². The minimum Gasteiger partial charge on any atom is -0.452 e. The Morgan fingerprint density at radius 3 is 2.70 bits per heavy atom. The summed E-state index contributed by atoms with van der Waals surface area (Å²) in [6, 6.07) is 4.94. The smallest absolute Gasteiger partial charge is 0.331 e. The summed E-state index contributed by atoms with van der Waals surface area (Å²) in [5.74, 6) is -1.01. The second-order valence-electron chi connectivity index (χ2n) is 3.71. The number of hydrogen-bond acceptors (Lipinski definition) is 3. The Morgan fingerprint density at radius 2 is 2.05 bits per heavy atom. The molecular formula is C14H13Cl2NO3. The third-order valence-corrected chi connectivity index (χ3v) is 2.88. The van der Waals surface area contributed by atoms with E-state index in [0.717, 1.165) is 0 Å². The van der Waals surface area contributed by atoms with Crippen LogP contribution in [-0.4, -0.2) is 25.0 Å². The fraction of sp³-hybridized carbons (Fsp3) is 0.143. The van der Waals surface area contributed by atoms with E-state index >= 15 is 0 Å². The standard InChI is InChI=1S/C14H13Cl2NO3/c1-2-7-17-13(18)9-20-14(19)6-4-10-3-5-11(15)12(16)8-10/h2-6,8H,1,7,9H2,(H,17,18)/b6-4+. The van der Waals surface area contributed by atoms with Gasteiger partial charge in [0.15, 0.2) is 6.61 Å². The second-order valence-corrected chi connectivity index (χ2v) is 4.52. The Labute approximate surface area is 127 Å². The fourth-order valence-corrected chi connectivity index (χ4v) is 1.51. The number of carbonyl (C=O) groups excluding carboxylic acids is 2. The molecule has 1 aromatic carbocycles. The number of benzene rings is 1. The topological polar surface area (TPSA) is 55.4 Å². The Balaban J connectivity index is 2.45. The zero-order valence-corrected chi connectivity index (χ0v) is 12.1. The number of rotatable bonds is 6. The molecule has 4 nitrogen and oxygen atoms in total. The molecule has 0 spiro atoms. The Hall–Kier alpha value is -1.78. The summed E-state index contributed by atoms with van der Waals surface area (Å²) in [6.07, 6.45) is 4.26. The lowest BCUT2D eigenvalue weighted by Gasteiger charge is -2.02. The van der Waals surface area contributed by atoms with E-state index in [1.54, 1.807) is 18.2 Å². The molecule has 0 bridgehead atoms. The lowest BCUT2D eigenvalue weighted by Crippen LogP contribution is -2.28. The van der Waals surface area contributed by atoms with Gasteiger partial charge in [0.2, 0.25) is 0 Å². The van der Waals surface area contributed by atoms with E-state index in [2.05, 4.69) is 11.9 Å². The molecule has 20 heavy (non-hydrogen) atoms. The van der Waals surface area contributed by atoms with Crippen LogP contribution in [0.1, 0.15) is 5.56 Å². The van der Waals surface area contributed by atoms with Gasteiger partial charge < -0.3 is 10.1 Å². The van der Waals surface area contributed by atoms with Crippen molar-refractivity contribution in [3.8, 4) is 0 Å². The summed E-state index contributed by atoms with van der Waals surface area (Å²) in [5, 5.41) is 3.31. The van der Waals surface area contributed by atoms with Crippen molar-refractivity contribution in [2.24, 2.45) is 0 Å². The number of nitrogens with one attached hydrogen (secondary N) is 1. The van der Waals surface area contributed by atoms with Crippen molar-refractivity contribution in [3.63, 3.8) is 0 Å². The van der Waals surface area contributed by atoms with E-state index in [0.29, 0.717) is 22.2 Å². The number of hydrogen-bond donors (Lipinski definition) is 1. The van der Waals surface area contributed by atoms with Crippen LogP contribution in [0, 0.1) is 0 Å². The third-order valence-electron chi connectivity index (χ3n) is 2.14. The molecule has 1 amide bonds. The maximum absolute atomic E-state index is 11.4. The van der Waals surface area contributed by atoms with Gasteiger partial charge in [-0.3, -0.25) is 4.79 Å². The van der Waals surface area contributed by atoms with Crippen molar-refractivity contribution in [3.05, 3.63) is 52.5 Å². The first-order valence-electron chi connectivity index (χ1n) is 5.70. The fourth-order valence-electron chi connectivity index (χ4n) is 1.20. The summed E-state index contributed by atoms with van der Waals surface area (Å²) in [5.41, 5.74) is 0.701. The highest BCUT2D eigenvalue weighted by Gasteiger charge is 2.03. The average Bonchev–Trinajstić information content (AvgIpc) is 2.44. The van der Waals surface area contributed by atoms with Gasteiger partial charge in [-0.25, -0.2) is 4.79 Å². The van der Waals surface area contributed by atoms with E-state index in [1.807, 2.05) is 0 Å². The highest BCUT2D eigenvalue weighted by molar-refractivity contribution is 6.42. The maximum Gasteiger partial charge on any atom is 0.331 e. The normalized spacial score (nSPS) is 10.3. The summed E-state index contributed by atoms with van der Waals surface area (Å²) >= 11 is 11.6. The molecule has 0 saturated heterocycles. The van der Waals surface area contributed by atoms with Crippen LogP contribution in [-0.2, 0) is 14.3 Å². The molecule has 0 fully saturated rings. The van der Waals surface area contributed by atoms with Gasteiger partial charge in [-0.1, -0.05) is 35.3 Å². The molecule has 0 aliphatic heterocycles. The monoisotopic (exact) mass is 313 g/mol. The first-order valence-corrected chi connectivity index (χ1v) is 6.46. The van der Waals surface area contributed by atoms with E-state index in [4.69, 9.17) is 27.9 Å². The summed E-state index contributed by atoms with van der Waals surface area (Å²) in [6.45, 7) is 3.44. The van der Waals surface area contributed by atoms with Gasteiger partial charge in [-0.05, 0) is 23.8 Å². The minimum atomic E-state index is -0.621. The molecule has 0 saturated carbocycles. The number of halogens is 2.